The second-order valence-electron chi connectivity index (χ2n) is 7.31. The SMILES string of the molecule is [B]OC=Nc1ccc2c(c1)C(CO)c1cc(NC(=O)OC(C)(C)C)ccc1-2. The fourth-order valence-electron chi connectivity index (χ4n) is 3.22. The molecule has 3 rings (SSSR count). The Labute approximate surface area is 159 Å². The summed E-state index contributed by atoms with van der Waals surface area (Å²) in [6.45, 7) is 5.37. The molecule has 6 nitrogen and oxygen atoms in total. The van der Waals surface area contributed by atoms with Gasteiger partial charge in [0.25, 0.3) is 0 Å². The van der Waals surface area contributed by atoms with Crippen LogP contribution in [0.3, 0.4) is 0 Å². The third kappa shape index (κ3) is 4.14. The van der Waals surface area contributed by atoms with E-state index in [4.69, 9.17) is 12.8 Å². The molecular weight excluding hydrogens is 343 g/mol. The summed E-state index contributed by atoms with van der Waals surface area (Å²) in [5.74, 6) is -0.204. The average molecular weight is 364 g/mol. The van der Waals surface area contributed by atoms with Crippen molar-refractivity contribution in [1.29, 1.82) is 0 Å². The van der Waals surface area contributed by atoms with Gasteiger partial charge in [-0.15, -0.1) is 0 Å². The van der Waals surface area contributed by atoms with Crippen LogP contribution in [0.25, 0.3) is 11.1 Å². The highest BCUT2D eigenvalue weighted by Gasteiger charge is 2.29. The van der Waals surface area contributed by atoms with E-state index in [-0.39, 0.29) is 12.5 Å². The van der Waals surface area contributed by atoms with Gasteiger partial charge in [0, 0.05) is 11.6 Å². The first kappa shape index (κ1) is 19.0. The maximum absolute atomic E-state index is 12.0. The number of fused-ring (bicyclic) bond motifs is 3. The molecule has 0 saturated carbocycles. The van der Waals surface area contributed by atoms with Gasteiger partial charge in [0.2, 0.25) is 0 Å². The molecule has 138 valence electrons. The third-order valence-corrected chi connectivity index (χ3v) is 4.22. The van der Waals surface area contributed by atoms with Crippen molar-refractivity contribution in [3.05, 3.63) is 47.5 Å². The smallest absolute Gasteiger partial charge is 0.412 e. The van der Waals surface area contributed by atoms with Crippen molar-refractivity contribution in [2.75, 3.05) is 11.9 Å². The third-order valence-electron chi connectivity index (χ3n) is 4.22. The first-order valence-corrected chi connectivity index (χ1v) is 8.59. The van der Waals surface area contributed by atoms with Crippen LogP contribution in [0.2, 0.25) is 0 Å². The Morgan fingerprint density at radius 1 is 1.22 bits per heavy atom. The molecule has 2 aromatic rings. The molecule has 0 fully saturated rings. The summed E-state index contributed by atoms with van der Waals surface area (Å²) in [6.07, 6.45) is 0.637. The predicted octanol–water partition coefficient (Wildman–Crippen LogP) is 3.90. The number of carbonyl (C=O) groups is 1. The molecule has 27 heavy (non-hydrogen) atoms. The molecule has 1 atom stereocenters. The van der Waals surface area contributed by atoms with Crippen molar-refractivity contribution in [1.82, 2.24) is 0 Å². The lowest BCUT2D eigenvalue weighted by Crippen LogP contribution is -2.27. The van der Waals surface area contributed by atoms with Gasteiger partial charge in [0.15, 0.2) is 6.40 Å². The number of rotatable bonds is 4. The number of nitrogens with zero attached hydrogens (tertiary/aromatic N) is 1. The Kier molecular flexibility index (Phi) is 5.23. The van der Waals surface area contributed by atoms with Crippen LogP contribution in [-0.2, 0) is 9.39 Å². The van der Waals surface area contributed by atoms with E-state index in [1.807, 2.05) is 57.2 Å². The van der Waals surface area contributed by atoms with Gasteiger partial charge < -0.3 is 14.5 Å². The molecule has 1 aliphatic carbocycles. The molecule has 1 amide bonds. The van der Waals surface area contributed by atoms with E-state index in [1.165, 1.54) is 0 Å². The van der Waals surface area contributed by atoms with Gasteiger partial charge in [-0.05, 0) is 67.3 Å². The number of hydrogen-bond acceptors (Lipinski definition) is 5. The summed E-state index contributed by atoms with van der Waals surface area (Å²) in [6, 6.07) is 11.3. The molecule has 0 aromatic heterocycles. The van der Waals surface area contributed by atoms with Crippen LogP contribution in [0.4, 0.5) is 16.2 Å². The van der Waals surface area contributed by atoms with Crippen molar-refractivity contribution in [2.45, 2.75) is 32.3 Å². The van der Waals surface area contributed by atoms with E-state index >= 15 is 0 Å². The lowest BCUT2D eigenvalue weighted by atomic mass is 9.97. The number of aliphatic hydroxyl groups excluding tert-OH is 1. The molecule has 0 bridgehead atoms. The number of aliphatic imine (C=N–C) groups is 1. The van der Waals surface area contributed by atoms with Gasteiger partial charge in [-0.25, -0.2) is 9.79 Å². The van der Waals surface area contributed by atoms with E-state index in [0.29, 0.717) is 11.4 Å². The Hall–Kier alpha value is -2.80. The minimum Gasteiger partial charge on any atom is -0.560 e. The van der Waals surface area contributed by atoms with Crippen molar-refractivity contribution in [2.24, 2.45) is 4.99 Å². The highest BCUT2D eigenvalue weighted by molar-refractivity contribution is 6.02. The molecule has 2 aromatic carbocycles. The fourth-order valence-corrected chi connectivity index (χ4v) is 3.22. The first-order valence-electron chi connectivity index (χ1n) is 8.59. The predicted molar refractivity (Wildman–Crippen MR) is 106 cm³/mol. The normalized spacial score (nSPS) is 15.3. The van der Waals surface area contributed by atoms with Crippen LogP contribution in [0.15, 0.2) is 41.4 Å². The largest absolute Gasteiger partial charge is 0.560 e. The number of ether oxygens (including phenoxy) is 1. The molecule has 1 aliphatic rings. The maximum atomic E-state index is 12.0. The van der Waals surface area contributed by atoms with Gasteiger partial charge in [0.1, 0.15) is 5.60 Å². The van der Waals surface area contributed by atoms with Gasteiger partial charge >= 0.3 is 14.1 Å². The topological polar surface area (TPSA) is 80.2 Å². The van der Waals surface area contributed by atoms with Crippen molar-refractivity contribution in [3.63, 3.8) is 0 Å². The van der Waals surface area contributed by atoms with E-state index in [9.17, 15) is 9.90 Å². The van der Waals surface area contributed by atoms with E-state index in [1.54, 1.807) is 0 Å². The van der Waals surface area contributed by atoms with Crippen LogP contribution in [0.5, 0.6) is 0 Å². The number of carbonyl (C=O) groups excluding carboxylic acids is 1. The Morgan fingerprint density at radius 3 is 2.52 bits per heavy atom. The van der Waals surface area contributed by atoms with Crippen molar-refractivity contribution in [3.8, 4) is 11.1 Å². The molecule has 2 N–H and O–H groups in total. The minimum absolute atomic E-state index is 0.0591. The summed E-state index contributed by atoms with van der Waals surface area (Å²) < 4.78 is 9.67. The van der Waals surface area contributed by atoms with Crippen LogP contribution < -0.4 is 5.32 Å². The molecule has 2 radical (unpaired) electrons. The van der Waals surface area contributed by atoms with Crippen molar-refractivity contribution < 1.29 is 19.3 Å². The first-order chi connectivity index (χ1) is 12.8. The zero-order chi connectivity index (χ0) is 19.6. The molecule has 0 aliphatic heterocycles. The van der Waals surface area contributed by atoms with E-state index < -0.39 is 11.7 Å². The summed E-state index contributed by atoms with van der Waals surface area (Å²) in [7, 11) is 4.97. The van der Waals surface area contributed by atoms with Crippen LogP contribution in [0, 0.1) is 0 Å². The highest BCUT2D eigenvalue weighted by atomic mass is 16.6. The Balaban J connectivity index is 1.90. The summed E-state index contributed by atoms with van der Waals surface area (Å²) in [4.78, 5) is 16.1. The number of hydrogen-bond donors (Lipinski definition) is 2. The quantitative estimate of drug-likeness (QED) is 0.490. The van der Waals surface area contributed by atoms with Gasteiger partial charge in [-0.3, -0.25) is 5.32 Å². The van der Waals surface area contributed by atoms with Gasteiger partial charge in [-0.1, -0.05) is 12.1 Å². The zero-order valence-electron chi connectivity index (χ0n) is 15.5. The summed E-state index contributed by atoms with van der Waals surface area (Å²) in [5, 5.41) is 12.7. The number of nitrogens with one attached hydrogen (secondary N) is 1. The number of amides is 1. The number of benzene rings is 2. The van der Waals surface area contributed by atoms with Crippen molar-refractivity contribution >= 4 is 31.9 Å². The lowest BCUT2D eigenvalue weighted by molar-refractivity contribution is 0.0636. The second-order valence-corrected chi connectivity index (χ2v) is 7.31. The Morgan fingerprint density at radius 2 is 1.89 bits per heavy atom. The molecular formula is C20H21BN2O4. The van der Waals surface area contributed by atoms with Gasteiger partial charge in [0.05, 0.1) is 12.3 Å². The molecule has 1 unspecified atom stereocenters. The lowest BCUT2D eigenvalue weighted by Gasteiger charge is -2.20. The van der Waals surface area contributed by atoms with Crippen LogP contribution in [0.1, 0.15) is 37.8 Å². The number of aliphatic hydroxyl groups is 1. The van der Waals surface area contributed by atoms with E-state index in [2.05, 4.69) is 15.0 Å². The molecule has 7 heteroatoms. The van der Waals surface area contributed by atoms with Crippen LogP contribution in [-0.4, -0.2) is 37.9 Å². The van der Waals surface area contributed by atoms with Crippen LogP contribution >= 0.6 is 0 Å². The Bertz CT molecular complexity index is 890. The standard InChI is InChI=1S/C20H21BN2O4/c1-20(2,3)27-19(25)23-13-5-7-15-14-6-4-12(22-11-26-21)8-16(14)18(10-24)17(15)9-13/h4-9,11,18,24H,10H2,1-3H3,(H,23,25). The number of anilines is 1. The van der Waals surface area contributed by atoms with Gasteiger partial charge in [-0.2, -0.15) is 0 Å². The monoisotopic (exact) mass is 364 g/mol. The summed E-state index contributed by atoms with van der Waals surface area (Å²) in [5.41, 5.74) is 4.67. The molecule has 0 saturated heterocycles. The van der Waals surface area contributed by atoms with E-state index in [0.717, 1.165) is 28.7 Å². The highest BCUT2D eigenvalue weighted by Crippen LogP contribution is 2.46. The average Bonchev–Trinajstić information content (AvgIpc) is 2.90. The zero-order valence-corrected chi connectivity index (χ0v) is 15.5. The second kappa shape index (κ2) is 7.44. The molecule has 0 spiro atoms. The summed E-state index contributed by atoms with van der Waals surface area (Å²) >= 11 is 0. The maximum Gasteiger partial charge on any atom is 0.412 e. The minimum atomic E-state index is -0.575. The fraction of sp³-hybridized carbons (Fsp3) is 0.300. The molecule has 0 heterocycles.